The second kappa shape index (κ2) is 4.14. The van der Waals surface area contributed by atoms with E-state index in [0.29, 0.717) is 11.2 Å². The SMILES string of the molecule is CCNNc1cc(=O)c2ccccc2[nH]1. The smallest absolute Gasteiger partial charge is 0.191 e. The summed E-state index contributed by atoms with van der Waals surface area (Å²) in [6.07, 6.45) is 0. The minimum Gasteiger partial charge on any atom is -0.340 e. The largest absolute Gasteiger partial charge is 0.340 e. The average molecular weight is 203 g/mol. The maximum atomic E-state index is 11.7. The summed E-state index contributed by atoms with van der Waals surface area (Å²) in [5.74, 6) is 0.681. The van der Waals surface area contributed by atoms with Gasteiger partial charge in [-0.3, -0.25) is 4.79 Å². The third kappa shape index (κ3) is 1.99. The Morgan fingerprint density at radius 2 is 2.13 bits per heavy atom. The molecule has 0 spiro atoms. The van der Waals surface area contributed by atoms with E-state index in [1.54, 1.807) is 6.07 Å². The van der Waals surface area contributed by atoms with Crippen LogP contribution in [-0.4, -0.2) is 11.5 Å². The van der Waals surface area contributed by atoms with Gasteiger partial charge < -0.3 is 10.4 Å². The highest BCUT2D eigenvalue weighted by Crippen LogP contribution is 2.09. The number of H-pyrrole nitrogens is 1. The summed E-state index contributed by atoms with van der Waals surface area (Å²) in [5.41, 5.74) is 6.71. The number of hydrogen-bond donors (Lipinski definition) is 3. The third-order valence-electron chi connectivity index (χ3n) is 2.14. The van der Waals surface area contributed by atoms with Gasteiger partial charge in [-0.2, -0.15) is 0 Å². The van der Waals surface area contributed by atoms with Crippen molar-refractivity contribution in [3.05, 3.63) is 40.6 Å². The molecule has 1 aromatic carbocycles. The quantitative estimate of drug-likeness (QED) is 0.662. The number of pyridine rings is 1. The van der Waals surface area contributed by atoms with Crippen LogP contribution in [0, 0.1) is 0 Å². The molecular formula is C11H13N3O. The van der Waals surface area contributed by atoms with Gasteiger partial charge in [-0.25, -0.2) is 5.43 Å². The highest BCUT2D eigenvalue weighted by molar-refractivity contribution is 5.79. The molecular weight excluding hydrogens is 190 g/mol. The molecule has 0 aliphatic carbocycles. The van der Waals surface area contributed by atoms with E-state index in [1.807, 2.05) is 31.2 Å². The molecule has 0 fully saturated rings. The average Bonchev–Trinajstić information content (AvgIpc) is 2.26. The molecule has 0 aliphatic rings. The minimum absolute atomic E-state index is 0.0183. The van der Waals surface area contributed by atoms with Gasteiger partial charge in [0.15, 0.2) is 5.43 Å². The number of benzene rings is 1. The summed E-state index contributed by atoms with van der Waals surface area (Å²) >= 11 is 0. The first-order chi connectivity index (χ1) is 7.31. The summed E-state index contributed by atoms with van der Waals surface area (Å²) in [5, 5.41) is 0.708. The van der Waals surface area contributed by atoms with E-state index in [9.17, 15) is 4.79 Å². The summed E-state index contributed by atoms with van der Waals surface area (Å²) < 4.78 is 0. The van der Waals surface area contributed by atoms with Gasteiger partial charge in [0.1, 0.15) is 5.82 Å². The molecule has 0 aliphatic heterocycles. The lowest BCUT2D eigenvalue weighted by Crippen LogP contribution is -2.22. The number of rotatable bonds is 3. The predicted octanol–water partition coefficient (Wildman–Crippen LogP) is 1.46. The Bertz CT molecular complexity index is 518. The maximum Gasteiger partial charge on any atom is 0.191 e. The van der Waals surface area contributed by atoms with Gasteiger partial charge in [0.25, 0.3) is 0 Å². The van der Waals surface area contributed by atoms with Crippen LogP contribution in [0.1, 0.15) is 6.92 Å². The molecule has 78 valence electrons. The number of aromatic amines is 1. The Morgan fingerprint density at radius 1 is 1.33 bits per heavy atom. The normalized spacial score (nSPS) is 10.5. The third-order valence-corrected chi connectivity index (χ3v) is 2.14. The van der Waals surface area contributed by atoms with E-state index in [0.717, 1.165) is 12.1 Å². The Balaban J connectivity index is 2.48. The highest BCUT2D eigenvalue weighted by Gasteiger charge is 1.99. The van der Waals surface area contributed by atoms with Crippen LogP contribution < -0.4 is 16.3 Å². The summed E-state index contributed by atoms with van der Waals surface area (Å²) in [4.78, 5) is 14.8. The molecule has 1 aromatic heterocycles. The minimum atomic E-state index is 0.0183. The zero-order chi connectivity index (χ0) is 10.7. The van der Waals surface area contributed by atoms with Crippen molar-refractivity contribution in [2.75, 3.05) is 12.0 Å². The van der Waals surface area contributed by atoms with Crippen molar-refractivity contribution in [1.82, 2.24) is 10.4 Å². The van der Waals surface area contributed by atoms with Crippen LogP contribution in [0.2, 0.25) is 0 Å². The predicted molar refractivity (Wildman–Crippen MR) is 61.9 cm³/mol. The van der Waals surface area contributed by atoms with E-state index in [4.69, 9.17) is 0 Å². The molecule has 0 unspecified atom stereocenters. The van der Waals surface area contributed by atoms with Crippen LogP contribution in [0.25, 0.3) is 10.9 Å². The first-order valence-corrected chi connectivity index (χ1v) is 4.92. The second-order valence-corrected chi connectivity index (χ2v) is 3.25. The van der Waals surface area contributed by atoms with Crippen LogP contribution in [-0.2, 0) is 0 Å². The van der Waals surface area contributed by atoms with Gasteiger partial charge in [0.05, 0.1) is 5.52 Å². The number of para-hydroxylation sites is 1. The Morgan fingerprint density at radius 3 is 2.93 bits per heavy atom. The van der Waals surface area contributed by atoms with E-state index in [-0.39, 0.29) is 5.43 Å². The Hall–Kier alpha value is -1.81. The number of aromatic nitrogens is 1. The molecule has 0 amide bonds. The van der Waals surface area contributed by atoms with Crippen molar-refractivity contribution in [3.8, 4) is 0 Å². The molecule has 0 atom stereocenters. The van der Waals surface area contributed by atoms with E-state index in [2.05, 4.69) is 15.8 Å². The fraction of sp³-hybridized carbons (Fsp3) is 0.182. The van der Waals surface area contributed by atoms with Gasteiger partial charge in [-0.05, 0) is 12.1 Å². The highest BCUT2D eigenvalue weighted by atomic mass is 16.1. The van der Waals surface area contributed by atoms with Crippen molar-refractivity contribution >= 4 is 16.7 Å². The van der Waals surface area contributed by atoms with Crippen molar-refractivity contribution in [2.24, 2.45) is 0 Å². The van der Waals surface area contributed by atoms with Gasteiger partial charge in [-0.15, -0.1) is 0 Å². The first-order valence-electron chi connectivity index (χ1n) is 4.92. The zero-order valence-corrected chi connectivity index (χ0v) is 8.50. The molecule has 3 N–H and O–H groups in total. The fourth-order valence-corrected chi connectivity index (χ4v) is 1.45. The summed E-state index contributed by atoms with van der Waals surface area (Å²) in [6.45, 7) is 2.76. The van der Waals surface area contributed by atoms with Crippen LogP contribution >= 0.6 is 0 Å². The molecule has 0 radical (unpaired) electrons. The van der Waals surface area contributed by atoms with E-state index >= 15 is 0 Å². The number of hydrazine groups is 1. The lowest BCUT2D eigenvalue weighted by atomic mass is 10.2. The monoisotopic (exact) mass is 203 g/mol. The van der Waals surface area contributed by atoms with Gasteiger partial charge >= 0.3 is 0 Å². The lowest BCUT2D eigenvalue weighted by molar-refractivity contribution is 0.837. The first kappa shape index (κ1) is 9.73. The van der Waals surface area contributed by atoms with Crippen molar-refractivity contribution in [2.45, 2.75) is 6.92 Å². The molecule has 4 nitrogen and oxygen atoms in total. The van der Waals surface area contributed by atoms with E-state index < -0.39 is 0 Å². The summed E-state index contributed by atoms with van der Waals surface area (Å²) in [7, 11) is 0. The number of anilines is 1. The topological polar surface area (TPSA) is 56.9 Å². The molecule has 1 heterocycles. The van der Waals surface area contributed by atoms with Gasteiger partial charge in [0, 0.05) is 18.0 Å². The number of fused-ring (bicyclic) bond motifs is 1. The molecule has 2 aromatic rings. The van der Waals surface area contributed by atoms with Crippen molar-refractivity contribution < 1.29 is 0 Å². The van der Waals surface area contributed by atoms with Gasteiger partial charge in [0.2, 0.25) is 0 Å². The molecule has 0 bridgehead atoms. The van der Waals surface area contributed by atoms with Crippen molar-refractivity contribution in [1.29, 1.82) is 0 Å². The Labute approximate surface area is 87.3 Å². The Kier molecular flexibility index (Phi) is 2.69. The number of hydrogen-bond acceptors (Lipinski definition) is 3. The van der Waals surface area contributed by atoms with Gasteiger partial charge in [-0.1, -0.05) is 19.1 Å². The second-order valence-electron chi connectivity index (χ2n) is 3.25. The number of nitrogens with one attached hydrogen (secondary N) is 3. The van der Waals surface area contributed by atoms with Crippen molar-refractivity contribution in [3.63, 3.8) is 0 Å². The molecule has 0 saturated carbocycles. The van der Waals surface area contributed by atoms with Crippen LogP contribution in [0.4, 0.5) is 5.82 Å². The lowest BCUT2D eigenvalue weighted by Gasteiger charge is -2.06. The van der Waals surface area contributed by atoms with E-state index in [1.165, 1.54) is 0 Å². The standard InChI is InChI=1S/C11H13N3O/c1-2-12-14-11-7-10(15)8-5-3-4-6-9(8)13-11/h3-7,12H,2H2,1H3,(H2,13,14,15). The zero-order valence-electron chi connectivity index (χ0n) is 8.50. The maximum absolute atomic E-state index is 11.7. The molecule has 15 heavy (non-hydrogen) atoms. The van der Waals surface area contributed by atoms with Crippen LogP contribution in [0.5, 0.6) is 0 Å². The molecule has 2 rings (SSSR count). The van der Waals surface area contributed by atoms with Crippen LogP contribution in [0.3, 0.4) is 0 Å². The summed E-state index contributed by atoms with van der Waals surface area (Å²) in [6, 6.07) is 8.99. The molecule has 0 saturated heterocycles. The van der Waals surface area contributed by atoms with Crippen LogP contribution in [0.15, 0.2) is 35.1 Å². The fourth-order valence-electron chi connectivity index (χ4n) is 1.45. The molecule has 4 heteroatoms.